The van der Waals surface area contributed by atoms with Crippen LogP contribution in [0.1, 0.15) is 35.6 Å². The molecule has 2 aromatic carbocycles. The van der Waals surface area contributed by atoms with E-state index in [1.165, 1.54) is 12.1 Å². The third-order valence-corrected chi connectivity index (χ3v) is 8.10. The number of nitrogens with zero attached hydrogens (tertiary/aromatic N) is 2. The van der Waals surface area contributed by atoms with Crippen molar-refractivity contribution >= 4 is 10.9 Å². The molecule has 0 aliphatic carbocycles. The predicted molar refractivity (Wildman–Crippen MR) is 128 cm³/mol. The predicted octanol–water partition coefficient (Wildman–Crippen LogP) is 5.47. The van der Waals surface area contributed by atoms with Gasteiger partial charge < -0.3 is 14.3 Å². The van der Waals surface area contributed by atoms with Gasteiger partial charge in [0, 0.05) is 30.3 Å². The average Bonchev–Trinajstić information content (AvgIpc) is 2.85. The summed E-state index contributed by atoms with van der Waals surface area (Å²) < 4.78 is 35.8. The van der Waals surface area contributed by atoms with Crippen LogP contribution in [0.25, 0.3) is 10.9 Å². The molecular formula is C28H31F2N2O2+. The summed E-state index contributed by atoms with van der Waals surface area (Å²) in [5.74, 6) is 0.342. The smallest absolute Gasteiger partial charge is 0.135 e. The van der Waals surface area contributed by atoms with Gasteiger partial charge in [0.1, 0.15) is 36.1 Å². The fourth-order valence-corrected chi connectivity index (χ4v) is 6.32. The molecule has 3 saturated heterocycles. The summed E-state index contributed by atoms with van der Waals surface area (Å²) in [6.45, 7) is 7.43. The highest BCUT2D eigenvalue weighted by Crippen LogP contribution is 2.48. The highest BCUT2D eigenvalue weighted by Gasteiger charge is 2.54. The normalized spacial score (nSPS) is 27.0. The van der Waals surface area contributed by atoms with Crippen LogP contribution in [0.5, 0.6) is 5.75 Å². The molecule has 6 heteroatoms. The van der Waals surface area contributed by atoms with Gasteiger partial charge in [-0.25, -0.2) is 8.78 Å². The Labute approximate surface area is 199 Å². The van der Waals surface area contributed by atoms with Crippen molar-refractivity contribution in [3.05, 3.63) is 83.6 Å². The molecule has 0 amide bonds. The van der Waals surface area contributed by atoms with Crippen LogP contribution in [0.2, 0.25) is 0 Å². The van der Waals surface area contributed by atoms with Gasteiger partial charge in [-0.15, -0.1) is 6.58 Å². The fraction of sp³-hybridized carbons (Fsp3) is 0.393. The number of rotatable bonds is 6. The Bertz CT molecular complexity index is 1220. The number of benzene rings is 2. The van der Waals surface area contributed by atoms with Gasteiger partial charge in [-0.2, -0.15) is 0 Å². The van der Waals surface area contributed by atoms with Crippen LogP contribution < -0.4 is 4.74 Å². The molecule has 5 unspecified atom stereocenters. The standard InChI is InChI=1S/C28H31F2N2O2/c1-4-18-15-32(16-23-24(29)11-17(2)12-25(23)30)10-8-19(18)13-27(32)28(33)21-7-9-31-26-6-5-20(34-3)14-22(21)26/h4-7,9,11-12,14,18-19,27-28,33H,1,8,10,13,15-16H2,2-3H3/q+1. The van der Waals surface area contributed by atoms with Crippen molar-refractivity contribution in [2.45, 2.75) is 38.5 Å². The average molecular weight is 466 g/mol. The topological polar surface area (TPSA) is 42.4 Å². The second-order valence-corrected chi connectivity index (χ2v) is 9.97. The van der Waals surface area contributed by atoms with E-state index < -0.39 is 17.7 Å². The van der Waals surface area contributed by atoms with E-state index in [0.29, 0.717) is 21.7 Å². The third-order valence-electron chi connectivity index (χ3n) is 8.10. The van der Waals surface area contributed by atoms with Crippen LogP contribution in [0, 0.1) is 30.4 Å². The number of aliphatic hydroxyl groups excluding tert-OH is 1. The second kappa shape index (κ2) is 8.75. The number of halogens is 2. The van der Waals surface area contributed by atoms with E-state index in [1.807, 2.05) is 30.3 Å². The molecule has 178 valence electrons. The van der Waals surface area contributed by atoms with Gasteiger partial charge in [-0.1, -0.05) is 6.08 Å². The summed E-state index contributed by atoms with van der Waals surface area (Å²) >= 11 is 0. The lowest BCUT2D eigenvalue weighted by molar-refractivity contribution is -0.985. The van der Waals surface area contributed by atoms with Gasteiger partial charge in [0.2, 0.25) is 0 Å². The van der Waals surface area contributed by atoms with Crippen molar-refractivity contribution in [1.82, 2.24) is 4.98 Å². The Morgan fingerprint density at radius 2 is 2.00 bits per heavy atom. The number of pyridine rings is 1. The molecule has 1 aromatic heterocycles. The van der Waals surface area contributed by atoms with E-state index >= 15 is 0 Å². The lowest BCUT2D eigenvalue weighted by Gasteiger charge is -2.58. The maximum absolute atomic E-state index is 15.0. The molecule has 0 radical (unpaired) electrons. The zero-order valence-corrected chi connectivity index (χ0v) is 19.7. The first-order valence-electron chi connectivity index (χ1n) is 11.9. The zero-order valence-electron chi connectivity index (χ0n) is 19.7. The minimum Gasteiger partial charge on any atom is -0.497 e. The molecule has 5 atom stereocenters. The Morgan fingerprint density at radius 3 is 2.71 bits per heavy atom. The van der Waals surface area contributed by atoms with E-state index in [4.69, 9.17) is 4.74 Å². The van der Waals surface area contributed by atoms with E-state index in [9.17, 15) is 13.9 Å². The van der Waals surface area contributed by atoms with Gasteiger partial charge in [0.05, 0.1) is 31.3 Å². The van der Waals surface area contributed by atoms with E-state index in [2.05, 4.69) is 11.6 Å². The third kappa shape index (κ3) is 3.79. The van der Waals surface area contributed by atoms with Crippen LogP contribution in [0.4, 0.5) is 8.78 Å². The molecule has 3 aliphatic rings. The molecule has 3 fully saturated rings. The lowest BCUT2D eigenvalue weighted by atomic mass is 9.71. The SMILES string of the molecule is C=CC1C[N+]2(Cc3c(F)cc(C)cc3F)CCC1CC2C(O)c1ccnc2ccc(OC)cc12. The molecule has 3 aromatic rings. The first-order valence-corrected chi connectivity index (χ1v) is 11.9. The molecule has 3 aliphatic heterocycles. The molecule has 2 bridgehead atoms. The number of hydrogen-bond donors (Lipinski definition) is 1. The summed E-state index contributed by atoms with van der Waals surface area (Å²) in [5.41, 5.74) is 2.22. The fourth-order valence-electron chi connectivity index (χ4n) is 6.32. The number of aliphatic hydroxyl groups is 1. The summed E-state index contributed by atoms with van der Waals surface area (Å²) in [4.78, 5) is 4.45. The van der Waals surface area contributed by atoms with Crippen LogP contribution in [0.15, 0.2) is 55.3 Å². The lowest BCUT2D eigenvalue weighted by Crippen LogP contribution is -2.67. The number of quaternary nitrogens is 1. The Morgan fingerprint density at radius 1 is 1.24 bits per heavy atom. The zero-order chi connectivity index (χ0) is 24.0. The van der Waals surface area contributed by atoms with Crippen LogP contribution >= 0.6 is 0 Å². The largest absolute Gasteiger partial charge is 0.497 e. The first kappa shape index (κ1) is 22.9. The maximum atomic E-state index is 15.0. The van der Waals surface area contributed by atoms with E-state index in [-0.39, 0.29) is 24.1 Å². The van der Waals surface area contributed by atoms with Gasteiger partial charge in [0.15, 0.2) is 0 Å². The number of piperidine rings is 3. The highest BCUT2D eigenvalue weighted by atomic mass is 19.1. The van der Waals surface area contributed by atoms with Gasteiger partial charge in [0.25, 0.3) is 0 Å². The minimum atomic E-state index is -0.803. The Hall–Kier alpha value is -2.83. The summed E-state index contributed by atoms with van der Waals surface area (Å²) in [6, 6.07) is 10.1. The van der Waals surface area contributed by atoms with Crippen LogP contribution in [0.3, 0.4) is 0 Å². The Kier molecular flexibility index (Phi) is 5.90. The number of aromatic nitrogens is 1. The number of hydrogen-bond acceptors (Lipinski definition) is 3. The van der Waals surface area contributed by atoms with Crippen LogP contribution in [-0.2, 0) is 6.54 Å². The number of ether oxygens (including phenoxy) is 1. The van der Waals surface area contributed by atoms with Gasteiger partial charge in [-0.3, -0.25) is 4.98 Å². The molecule has 4 nitrogen and oxygen atoms in total. The summed E-state index contributed by atoms with van der Waals surface area (Å²) in [6.07, 6.45) is 4.62. The van der Waals surface area contributed by atoms with E-state index in [1.54, 1.807) is 20.2 Å². The van der Waals surface area contributed by atoms with Crippen molar-refractivity contribution in [2.24, 2.45) is 11.8 Å². The number of aryl methyl sites for hydroxylation is 1. The van der Waals surface area contributed by atoms with Crippen molar-refractivity contribution < 1.29 is 23.1 Å². The Balaban J connectivity index is 1.59. The number of methoxy groups -OCH3 is 1. The van der Waals surface area contributed by atoms with E-state index in [0.717, 1.165) is 42.4 Å². The summed E-state index contributed by atoms with van der Waals surface area (Å²) in [7, 11) is 1.61. The quantitative estimate of drug-likeness (QED) is 0.388. The van der Waals surface area contributed by atoms with Crippen molar-refractivity contribution in [3.8, 4) is 5.75 Å². The van der Waals surface area contributed by atoms with Crippen molar-refractivity contribution in [1.29, 1.82) is 0 Å². The van der Waals surface area contributed by atoms with Crippen molar-refractivity contribution in [3.63, 3.8) is 0 Å². The molecular weight excluding hydrogens is 434 g/mol. The molecule has 4 heterocycles. The highest BCUT2D eigenvalue weighted by molar-refractivity contribution is 5.83. The van der Waals surface area contributed by atoms with Gasteiger partial charge >= 0.3 is 0 Å². The maximum Gasteiger partial charge on any atom is 0.135 e. The first-order chi connectivity index (χ1) is 16.3. The molecule has 6 rings (SSSR count). The van der Waals surface area contributed by atoms with Crippen LogP contribution in [-0.4, -0.2) is 40.8 Å². The molecule has 34 heavy (non-hydrogen) atoms. The minimum absolute atomic E-state index is 0.104. The molecule has 0 spiro atoms. The molecule has 0 saturated carbocycles. The second-order valence-electron chi connectivity index (χ2n) is 9.97. The van der Waals surface area contributed by atoms with Crippen molar-refractivity contribution in [2.75, 3.05) is 20.2 Å². The monoisotopic (exact) mass is 465 g/mol. The number of fused-ring (bicyclic) bond motifs is 4. The van der Waals surface area contributed by atoms with Gasteiger partial charge in [-0.05, 0) is 60.4 Å². The molecule has 1 N–H and O–H groups in total. The summed E-state index contributed by atoms with van der Waals surface area (Å²) in [5, 5.41) is 12.7.